The number of H-pyrrole nitrogens is 1. The summed E-state index contributed by atoms with van der Waals surface area (Å²) < 4.78 is 0. The molecule has 0 atom stereocenters. The number of hydrogen-bond donors (Lipinski definition) is 2. The fraction of sp³-hybridized carbons (Fsp3) is 0. The zero-order valence-electron chi connectivity index (χ0n) is 7.40. The largest absolute Gasteiger partial charge is 0.366 e. The highest BCUT2D eigenvalue weighted by Gasteiger charge is 2.10. The molecule has 0 aliphatic carbocycles. The number of nitrogens with zero attached hydrogens (tertiary/aromatic N) is 1. The average Bonchev–Trinajstić information content (AvgIpc) is 2.67. The number of pyridine rings is 1. The second-order valence-electron chi connectivity index (χ2n) is 2.87. The summed E-state index contributed by atoms with van der Waals surface area (Å²) in [6, 6.07) is 5.33. The highest BCUT2D eigenvalue weighted by atomic mass is 16.1. The highest BCUT2D eigenvalue weighted by Crippen LogP contribution is 2.20. The van der Waals surface area contributed by atoms with Crippen molar-refractivity contribution in [2.75, 3.05) is 0 Å². The van der Waals surface area contributed by atoms with E-state index in [1.54, 1.807) is 30.7 Å². The second-order valence-corrected chi connectivity index (χ2v) is 2.87. The van der Waals surface area contributed by atoms with Gasteiger partial charge in [0, 0.05) is 24.2 Å². The maximum absolute atomic E-state index is 11.0. The third-order valence-corrected chi connectivity index (χ3v) is 1.96. The van der Waals surface area contributed by atoms with Crippen LogP contribution in [0.4, 0.5) is 0 Å². The molecule has 4 heteroatoms. The Bertz CT molecular complexity index is 447. The predicted molar refractivity (Wildman–Crippen MR) is 52.5 cm³/mol. The van der Waals surface area contributed by atoms with Crippen LogP contribution >= 0.6 is 0 Å². The molecule has 14 heavy (non-hydrogen) atoms. The van der Waals surface area contributed by atoms with Crippen LogP contribution < -0.4 is 5.73 Å². The summed E-state index contributed by atoms with van der Waals surface area (Å²) in [7, 11) is 0. The number of rotatable bonds is 2. The number of primary amides is 1. The molecular weight excluding hydrogens is 178 g/mol. The molecule has 70 valence electrons. The Morgan fingerprint density at radius 2 is 2.29 bits per heavy atom. The van der Waals surface area contributed by atoms with Crippen molar-refractivity contribution in [3.05, 3.63) is 42.4 Å². The molecule has 0 unspecified atom stereocenters. The van der Waals surface area contributed by atoms with Gasteiger partial charge < -0.3 is 10.7 Å². The van der Waals surface area contributed by atoms with Crippen LogP contribution in [0, 0.1) is 0 Å². The van der Waals surface area contributed by atoms with Crippen LogP contribution in [-0.4, -0.2) is 15.9 Å². The fourth-order valence-corrected chi connectivity index (χ4v) is 1.32. The van der Waals surface area contributed by atoms with Crippen LogP contribution in [0.2, 0.25) is 0 Å². The number of aromatic nitrogens is 2. The number of aromatic amines is 1. The van der Waals surface area contributed by atoms with Gasteiger partial charge in [0.1, 0.15) is 0 Å². The lowest BCUT2D eigenvalue weighted by Gasteiger charge is -1.99. The molecule has 4 nitrogen and oxygen atoms in total. The first kappa shape index (κ1) is 8.50. The van der Waals surface area contributed by atoms with Crippen molar-refractivity contribution in [3.8, 4) is 11.3 Å². The van der Waals surface area contributed by atoms with Gasteiger partial charge in [-0.3, -0.25) is 9.78 Å². The molecule has 2 heterocycles. The summed E-state index contributed by atoms with van der Waals surface area (Å²) in [5, 5.41) is 0. The molecule has 0 saturated carbocycles. The van der Waals surface area contributed by atoms with E-state index in [9.17, 15) is 4.79 Å². The first-order chi connectivity index (χ1) is 6.79. The van der Waals surface area contributed by atoms with Gasteiger partial charge in [-0.05, 0) is 18.2 Å². The summed E-state index contributed by atoms with van der Waals surface area (Å²) >= 11 is 0. The Labute approximate surface area is 80.8 Å². The molecule has 3 N–H and O–H groups in total. The minimum Gasteiger partial charge on any atom is -0.366 e. The van der Waals surface area contributed by atoms with Gasteiger partial charge in [-0.1, -0.05) is 0 Å². The van der Waals surface area contributed by atoms with Gasteiger partial charge in [-0.15, -0.1) is 0 Å². The van der Waals surface area contributed by atoms with Crippen LogP contribution in [0.3, 0.4) is 0 Å². The molecule has 0 aliphatic heterocycles. The summed E-state index contributed by atoms with van der Waals surface area (Å²) in [5.74, 6) is -0.440. The zero-order valence-corrected chi connectivity index (χ0v) is 7.40. The van der Waals surface area contributed by atoms with Crippen molar-refractivity contribution in [1.82, 2.24) is 9.97 Å². The van der Waals surface area contributed by atoms with Crippen molar-refractivity contribution in [2.24, 2.45) is 5.73 Å². The third kappa shape index (κ3) is 1.37. The normalized spacial score (nSPS) is 10.0. The summed E-state index contributed by atoms with van der Waals surface area (Å²) in [6.07, 6.45) is 5.04. The minimum absolute atomic E-state index is 0.440. The molecular formula is C10H9N3O. The van der Waals surface area contributed by atoms with E-state index in [0.29, 0.717) is 11.3 Å². The molecule has 2 aromatic rings. The van der Waals surface area contributed by atoms with Gasteiger partial charge in [0.15, 0.2) is 0 Å². The molecule has 0 bridgehead atoms. The summed E-state index contributed by atoms with van der Waals surface area (Å²) in [4.78, 5) is 18.0. The average molecular weight is 187 g/mol. The molecule has 2 rings (SSSR count). The Hall–Kier alpha value is -2.10. The number of carbonyl (C=O) groups excluding carboxylic acids is 1. The number of carbonyl (C=O) groups is 1. The van der Waals surface area contributed by atoms with Crippen LogP contribution in [0.15, 0.2) is 36.8 Å². The van der Waals surface area contributed by atoms with E-state index >= 15 is 0 Å². The molecule has 0 aliphatic rings. The number of nitrogens with two attached hydrogens (primary N) is 1. The third-order valence-electron chi connectivity index (χ3n) is 1.96. The van der Waals surface area contributed by atoms with Gasteiger partial charge in [0.25, 0.3) is 5.91 Å². The van der Waals surface area contributed by atoms with E-state index in [2.05, 4.69) is 9.97 Å². The van der Waals surface area contributed by atoms with Crippen molar-refractivity contribution in [1.29, 1.82) is 0 Å². The van der Waals surface area contributed by atoms with E-state index in [0.717, 1.165) is 5.56 Å². The molecule has 2 aromatic heterocycles. The lowest BCUT2D eigenvalue weighted by Crippen LogP contribution is -2.11. The molecule has 0 fully saturated rings. The Morgan fingerprint density at radius 3 is 2.93 bits per heavy atom. The molecule has 0 spiro atoms. The van der Waals surface area contributed by atoms with Gasteiger partial charge in [-0.2, -0.15) is 0 Å². The van der Waals surface area contributed by atoms with Crippen molar-refractivity contribution in [3.63, 3.8) is 0 Å². The highest BCUT2D eigenvalue weighted by molar-refractivity contribution is 5.98. The first-order valence-corrected chi connectivity index (χ1v) is 4.16. The van der Waals surface area contributed by atoms with Crippen molar-refractivity contribution < 1.29 is 4.79 Å². The lowest BCUT2D eigenvalue weighted by molar-refractivity contribution is 0.100. The minimum atomic E-state index is -0.440. The lowest BCUT2D eigenvalue weighted by atomic mass is 10.1. The Balaban J connectivity index is 2.52. The van der Waals surface area contributed by atoms with Crippen LogP contribution in [0.1, 0.15) is 10.4 Å². The zero-order chi connectivity index (χ0) is 9.97. The van der Waals surface area contributed by atoms with E-state index in [4.69, 9.17) is 5.73 Å². The van der Waals surface area contributed by atoms with Crippen molar-refractivity contribution >= 4 is 5.91 Å². The monoisotopic (exact) mass is 187 g/mol. The molecule has 0 saturated heterocycles. The topological polar surface area (TPSA) is 71.8 Å². The SMILES string of the molecule is NC(=O)c1cc[nH]c1-c1cccnc1. The summed E-state index contributed by atoms with van der Waals surface area (Å²) in [5.41, 5.74) is 7.27. The van der Waals surface area contributed by atoms with Gasteiger partial charge in [-0.25, -0.2) is 0 Å². The van der Waals surface area contributed by atoms with E-state index in [-0.39, 0.29) is 0 Å². The molecule has 0 aromatic carbocycles. The summed E-state index contributed by atoms with van der Waals surface area (Å²) in [6.45, 7) is 0. The number of nitrogens with one attached hydrogen (secondary N) is 1. The maximum atomic E-state index is 11.0. The fourth-order valence-electron chi connectivity index (χ4n) is 1.32. The maximum Gasteiger partial charge on any atom is 0.250 e. The Kier molecular flexibility index (Phi) is 2.02. The second kappa shape index (κ2) is 3.33. The first-order valence-electron chi connectivity index (χ1n) is 4.16. The molecule has 0 radical (unpaired) electrons. The smallest absolute Gasteiger partial charge is 0.250 e. The van der Waals surface area contributed by atoms with Gasteiger partial charge >= 0.3 is 0 Å². The quantitative estimate of drug-likeness (QED) is 0.740. The van der Waals surface area contributed by atoms with Crippen LogP contribution in [-0.2, 0) is 0 Å². The van der Waals surface area contributed by atoms with Gasteiger partial charge in [0.05, 0.1) is 11.3 Å². The van der Waals surface area contributed by atoms with Crippen molar-refractivity contribution in [2.45, 2.75) is 0 Å². The predicted octanol–water partition coefficient (Wildman–Crippen LogP) is 1.18. The standard InChI is InChI=1S/C10H9N3O/c11-10(14)8-3-5-13-9(8)7-2-1-4-12-6-7/h1-6,13H,(H2,11,14). The van der Waals surface area contributed by atoms with E-state index < -0.39 is 5.91 Å². The van der Waals surface area contributed by atoms with Crippen LogP contribution in [0.5, 0.6) is 0 Å². The number of amides is 1. The molecule has 1 amide bonds. The van der Waals surface area contributed by atoms with E-state index in [1.807, 2.05) is 6.07 Å². The number of hydrogen-bond acceptors (Lipinski definition) is 2. The van der Waals surface area contributed by atoms with Gasteiger partial charge in [0.2, 0.25) is 0 Å². The van der Waals surface area contributed by atoms with Crippen LogP contribution in [0.25, 0.3) is 11.3 Å². The van der Waals surface area contributed by atoms with E-state index in [1.165, 1.54) is 0 Å². The Morgan fingerprint density at radius 1 is 1.43 bits per heavy atom.